The first-order chi connectivity index (χ1) is 8.16. The predicted octanol–water partition coefficient (Wildman–Crippen LogP) is 2.44. The summed E-state index contributed by atoms with van der Waals surface area (Å²) in [5.74, 6) is 1.49. The molecule has 3 rings (SSSR count). The van der Waals surface area contributed by atoms with E-state index in [0.29, 0.717) is 10.5 Å². The SMILES string of the molecule is O=[N+]([O-])c1ccc2c(c1)SCc1n[nH]c(=S)n1-2. The second-order valence-corrected chi connectivity index (χ2v) is 4.88. The Kier molecular flexibility index (Phi) is 2.26. The molecule has 1 aliphatic heterocycles. The van der Waals surface area contributed by atoms with Crippen molar-refractivity contribution in [3.05, 3.63) is 38.9 Å². The number of hydrogen-bond donors (Lipinski definition) is 1. The molecule has 8 heteroatoms. The van der Waals surface area contributed by atoms with Crippen molar-refractivity contribution in [2.24, 2.45) is 0 Å². The molecule has 0 unspecified atom stereocenters. The molecule has 0 fully saturated rings. The maximum absolute atomic E-state index is 10.7. The zero-order valence-corrected chi connectivity index (χ0v) is 10.0. The molecule has 1 aromatic carbocycles. The molecule has 0 radical (unpaired) electrons. The number of benzene rings is 1. The molecule has 17 heavy (non-hydrogen) atoms. The third kappa shape index (κ3) is 1.56. The van der Waals surface area contributed by atoms with Gasteiger partial charge in [0.05, 0.1) is 16.4 Å². The fourth-order valence-corrected chi connectivity index (χ4v) is 2.97. The Hall–Kier alpha value is -1.67. The number of H-pyrrole nitrogens is 1. The van der Waals surface area contributed by atoms with Gasteiger partial charge in [-0.15, -0.1) is 11.8 Å². The van der Waals surface area contributed by atoms with Gasteiger partial charge in [-0.25, -0.2) is 0 Å². The summed E-state index contributed by atoms with van der Waals surface area (Å²) >= 11 is 6.66. The van der Waals surface area contributed by atoms with Crippen molar-refractivity contribution in [1.29, 1.82) is 0 Å². The van der Waals surface area contributed by atoms with Crippen LogP contribution in [0.3, 0.4) is 0 Å². The average molecular weight is 266 g/mol. The molecule has 0 saturated carbocycles. The van der Waals surface area contributed by atoms with Gasteiger partial charge in [0.15, 0.2) is 4.77 Å². The fraction of sp³-hybridized carbons (Fsp3) is 0.111. The van der Waals surface area contributed by atoms with Crippen molar-refractivity contribution >= 4 is 29.7 Å². The second kappa shape index (κ2) is 3.67. The molecule has 0 spiro atoms. The highest BCUT2D eigenvalue weighted by molar-refractivity contribution is 7.98. The maximum atomic E-state index is 10.7. The lowest BCUT2D eigenvalue weighted by molar-refractivity contribution is -0.385. The van der Waals surface area contributed by atoms with E-state index < -0.39 is 4.92 Å². The smallest absolute Gasteiger partial charge is 0.270 e. The van der Waals surface area contributed by atoms with Gasteiger partial charge in [0.25, 0.3) is 5.69 Å². The van der Waals surface area contributed by atoms with Gasteiger partial charge in [0, 0.05) is 17.0 Å². The standard InChI is InChI=1S/C9H6N4O2S2/c14-13(15)5-1-2-6-7(3-5)17-4-8-10-11-9(16)12(6)8/h1-3H,4H2,(H,11,16). The number of nitro groups is 1. The summed E-state index contributed by atoms with van der Waals surface area (Å²) in [5, 5.41) is 17.5. The Bertz CT molecular complexity index is 676. The van der Waals surface area contributed by atoms with Gasteiger partial charge in [-0.1, -0.05) is 0 Å². The Labute approximate surface area is 105 Å². The zero-order chi connectivity index (χ0) is 12.0. The van der Waals surface area contributed by atoms with Gasteiger partial charge in [0.1, 0.15) is 5.82 Å². The molecular formula is C9H6N4O2S2. The van der Waals surface area contributed by atoms with E-state index in [0.717, 1.165) is 16.4 Å². The first-order valence-electron chi connectivity index (χ1n) is 4.75. The van der Waals surface area contributed by atoms with Crippen molar-refractivity contribution in [3.63, 3.8) is 0 Å². The first kappa shape index (κ1) is 10.5. The van der Waals surface area contributed by atoms with E-state index in [-0.39, 0.29) is 5.69 Å². The van der Waals surface area contributed by atoms with E-state index in [1.807, 2.05) is 4.57 Å². The highest BCUT2D eigenvalue weighted by Crippen LogP contribution is 2.36. The third-order valence-electron chi connectivity index (χ3n) is 2.49. The summed E-state index contributed by atoms with van der Waals surface area (Å²) in [6.07, 6.45) is 0. The van der Waals surface area contributed by atoms with Gasteiger partial charge in [0.2, 0.25) is 0 Å². The summed E-state index contributed by atoms with van der Waals surface area (Å²) in [6, 6.07) is 4.75. The molecule has 0 bridgehead atoms. The van der Waals surface area contributed by atoms with E-state index >= 15 is 0 Å². The number of hydrogen-bond acceptors (Lipinski definition) is 5. The fourth-order valence-electron chi connectivity index (χ4n) is 1.73. The van der Waals surface area contributed by atoms with E-state index in [2.05, 4.69) is 10.2 Å². The number of aromatic nitrogens is 3. The Morgan fingerprint density at radius 1 is 1.59 bits per heavy atom. The summed E-state index contributed by atoms with van der Waals surface area (Å²) in [7, 11) is 0. The zero-order valence-electron chi connectivity index (χ0n) is 8.41. The molecule has 86 valence electrons. The Morgan fingerprint density at radius 3 is 3.18 bits per heavy atom. The van der Waals surface area contributed by atoms with Crippen LogP contribution in [0.25, 0.3) is 5.69 Å². The molecule has 1 N–H and O–H groups in total. The van der Waals surface area contributed by atoms with Crippen molar-refractivity contribution in [3.8, 4) is 5.69 Å². The van der Waals surface area contributed by atoms with Crippen molar-refractivity contribution in [2.75, 3.05) is 0 Å². The highest BCUT2D eigenvalue weighted by atomic mass is 32.2. The number of aromatic amines is 1. The molecule has 0 saturated heterocycles. The molecule has 6 nitrogen and oxygen atoms in total. The van der Waals surface area contributed by atoms with Gasteiger partial charge in [-0.3, -0.25) is 19.8 Å². The van der Waals surface area contributed by atoms with Gasteiger partial charge >= 0.3 is 0 Å². The summed E-state index contributed by atoms with van der Waals surface area (Å²) in [4.78, 5) is 11.2. The quantitative estimate of drug-likeness (QED) is 0.487. The normalized spacial score (nSPS) is 12.9. The van der Waals surface area contributed by atoms with Gasteiger partial charge in [-0.05, 0) is 18.3 Å². The van der Waals surface area contributed by atoms with Crippen molar-refractivity contribution in [2.45, 2.75) is 10.6 Å². The van der Waals surface area contributed by atoms with Crippen LogP contribution >= 0.6 is 24.0 Å². The van der Waals surface area contributed by atoms with Crippen molar-refractivity contribution in [1.82, 2.24) is 14.8 Å². The van der Waals surface area contributed by atoms with Crippen LogP contribution in [0, 0.1) is 14.9 Å². The number of nitrogens with zero attached hydrogens (tertiary/aromatic N) is 3. The van der Waals surface area contributed by atoms with Gasteiger partial charge in [-0.2, -0.15) is 5.10 Å². The predicted molar refractivity (Wildman–Crippen MR) is 65.0 cm³/mol. The molecule has 2 heterocycles. The minimum atomic E-state index is -0.398. The number of nitro benzene ring substituents is 1. The second-order valence-electron chi connectivity index (χ2n) is 3.48. The molecule has 0 aliphatic carbocycles. The summed E-state index contributed by atoms with van der Waals surface area (Å²) < 4.78 is 2.32. The number of rotatable bonds is 1. The van der Waals surface area contributed by atoms with Gasteiger partial charge < -0.3 is 0 Å². The van der Waals surface area contributed by atoms with Crippen LogP contribution in [-0.4, -0.2) is 19.7 Å². The molecular weight excluding hydrogens is 260 g/mol. The highest BCUT2D eigenvalue weighted by Gasteiger charge is 2.20. The van der Waals surface area contributed by atoms with Crippen LogP contribution < -0.4 is 0 Å². The minimum absolute atomic E-state index is 0.0923. The van der Waals surface area contributed by atoms with E-state index in [4.69, 9.17) is 12.2 Å². The van der Waals surface area contributed by atoms with Crippen LogP contribution in [-0.2, 0) is 5.75 Å². The Morgan fingerprint density at radius 2 is 2.41 bits per heavy atom. The van der Waals surface area contributed by atoms with Crippen LogP contribution in [0.4, 0.5) is 5.69 Å². The number of non-ortho nitro benzene ring substituents is 1. The molecule has 1 aliphatic rings. The molecule has 0 amide bonds. The maximum Gasteiger partial charge on any atom is 0.270 e. The number of nitrogens with one attached hydrogen (secondary N) is 1. The third-order valence-corrected chi connectivity index (χ3v) is 3.81. The first-order valence-corrected chi connectivity index (χ1v) is 6.14. The monoisotopic (exact) mass is 266 g/mol. The van der Waals surface area contributed by atoms with E-state index in [1.165, 1.54) is 17.8 Å². The molecule has 0 atom stereocenters. The van der Waals surface area contributed by atoms with Crippen molar-refractivity contribution < 1.29 is 4.92 Å². The Balaban J connectivity index is 2.24. The number of thioether (sulfide) groups is 1. The summed E-state index contributed by atoms with van der Waals surface area (Å²) in [5.41, 5.74) is 0.940. The number of fused-ring (bicyclic) bond motifs is 3. The lowest BCUT2D eigenvalue weighted by atomic mass is 10.2. The summed E-state index contributed by atoms with van der Waals surface area (Å²) in [6.45, 7) is 0. The van der Waals surface area contributed by atoms with E-state index in [9.17, 15) is 10.1 Å². The lowest BCUT2D eigenvalue weighted by Gasteiger charge is -2.16. The van der Waals surface area contributed by atoms with Crippen LogP contribution in [0.5, 0.6) is 0 Å². The molecule has 1 aromatic heterocycles. The average Bonchev–Trinajstić information content (AvgIpc) is 2.70. The minimum Gasteiger partial charge on any atom is -0.270 e. The topological polar surface area (TPSA) is 76.8 Å². The van der Waals surface area contributed by atoms with E-state index in [1.54, 1.807) is 12.1 Å². The lowest BCUT2D eigenvalue weighted by Crippen LogP contribution is -2.07. The van der Waals surface area contributed by atoms with Crippen LogP contribution in [0.15, 0.2) is 23.1 Å². The largest absolute Gasteiger partial charge is 0.270 e. The molecule has 2 aromatic rings. The van der Waals surface area contributed by atoms with Crippen LogP contribution in [0.2, 0.25) is 0 Å². The van der Waals surface area contributed by atoms with Crippen LogP contribution in [0.1, 0.15) is 5.82 Å².